The molecule has 0 aromatic carbocycles. The van der Waals surface area contributed by atoms with Crippen LogP contribution in [0.25, 0.3) is 0 Å². The van der Waals surface area contributed by atoms with Gasteiger partial charge in [0.15, 0.2) is 6.29 Å². The van der Waals surface area contributed by atoms with Gasteiger partial charge in [0.05, 0.1) is 31.0 Å². The number of rotatable bonds is 6. The van der Waals surface area contributed by atoms with Gasteiger partial charge in [-0.3, -0.25) is 0 Å². The molecule has 8 rings (SSSR count). The highest BCUT2D eigenvalue weighted by molar-refractivity contribution is 5.68. The predicted molar refractivity (Wildman–Crippen MR) is 179 cm³/mol. The fourth-order valence-electron chi connectivity index (χ4n) is 14.1. The maximum atomic E-state index is 13.0. The summed E-state index contributed by atoms with van der Waals surface area (Å²) in [6, 6.07) is 0. The summed E-state index contributed by atoms with van der Waals surface area (Å²) in [5, 5.41) is 16.1. The van der Waals surface area contributed by atoms with E-state index in [9.17, 15) is 9.90 Å². The van der Waals surface area contributed by atoms with Gasteiger partial charge in [-0.25, -0.2) is 4.79 Å². The van der Waals surface area contributed by atoms with Crippen LogP contribution in [-0.2, 0) is 18.9 Å². The van der Waals surface area contributed by atoms with E-state index < -0.39 is 6.10 Å². The van der Waals surface area contributed by atoms with Crippen molar-refractivity contribution in [1.82, 2.24) is 10.2 Å². The topological polar surface area (TPSA) is 89.5 Å². The summed E-state index contributed by atoms with van der Waals surface area (Å²) >= 11 is 0. The van der Waals surface area contributed by atoms with Crippen molar-refractivity contribution in [3.05, 3.63) is 0 Å². The van der Waals surface area contributed by atoms with E-state index in [4.69, 9.17) is 18.9 Å². The van der Waals surface area contributed by atoms with Gasteiger partial charge in [0, 0.05) is 31.6 Å². The quantitative estimate of drug-likeness (QED) is 0.343. The van der Waals surface area contributed by atoms with Gasteiger partial charge < -0.3 is 34.3 Å². The number of likely N-dealkylation sites (tertiary alicyclic amines) is 1. The lowest BCUT2D eigenvalue weighted by atomic mass is 9.41. The molecule has 3 saturated heterocycles. The van der Waals surface area contributed by atoms with E-state index in [1.807, 2.05) is 4.90 Å². The molecule has 8 aliphatic rings. The van der Waals surface area contributed by atoms with E-state index in [-0.39, 0.29) is 59.0 Å². The highest BCUT2D eigenvalue weighted by atomic mass is 16.7. The van der Waals surface area contributed by atoms with Crippen LogP contribution in [0.5, 0.6) is 0 Å². The fourth-order valence-corrected chi connectivity index (χ4v) is 14.1. The number of aliphatic hydroxyl groups excluding tert-OH is 1. The van der Waals surface area contributed by atoms with Crippen LogP contribution in [0.3, 0.4) is 0 Å². The minimum Gasteiger partial charge on any atom is -0.443 e. The third-order valence-electron chi connectivity index (χ3n) is 16.9. The second kappa shape index (κ2) is 11.3. The van der Waals surface area contributed by atoms with E-state index in [1.54, 1.807) is 0 Å². The van der Waals surface area contributed by atoms with Crippen molar-refractivity contribution in [3.8, 4) is 0 Å². The number of nitrogens with one attached hydrogen (secondary N) is 1. The lowest BCUT2D eigenvalue weighted by Crippen LogP contribution is -2.60. The smallest absolute Gasteiger partial charge is 0.410 e. The van der Waals surface area contributed by atoms with Crippen LogP contribution >= 0.6 is 0 Å². The van der Waals surface area contributed by atoms with Crippen LogP contribution in [0.4, 0.5) is 4.79 Å². The molecule has 2 N–H and O–H groups in total. The predicted octanol–water partition coefficient (Wildman–Crippen LogP) is 6.39. The molecule has 5 unspecified atom stereocenters. The first-order valence-electron chi connectivity index (χ1n) is 19.6. The average Bonchev–Trinajstić information content (AvgIpc) is 3.65. The maximum Gasteiger partial charge on any atom is 0.410 e. The molecule has 8 nitrogen and oxygen atoms in total. The molecule has 2 spiro atoms. The summed E-state index contributed by atoms with van der Waals surface area (Å²) in [6.45, 7) is 20.7. The Morgan fingerprint density at radius 1 is 1.06 bits per heavy atom. The van der Waals surface area contributed by atoms with Crippen molar-refractivity contribution in [1.29, 1.82) is 0 Å². The number of fused-ring (bicyclic) bond motifs is 4. The van der Waals surface area contributed by atoms with Gasteiger partial charge in [-0.1, -0.05) is 48.5 Å². The summed E-state index contributed by atoms with van der Waals surface area (Å²) < 4.78 is 26.1. The highest BCUT2D eigenvalue weighted by Gasteiger charge is 2.84. The highest BCUT2D eigenvalue weighted by Crippen LogP contribution is 2.89. The van der Waals surface area contributed by atoms with Crippen LogP contribution < -0.4 is 5.32 Å². The Kier molecular flexibility index (Phi) is 7.98. The largest absolute Gasteiger partial charge is 0.443 e. The number of amides is 1. The Hall–Kier alpha value is -0.930. The molecule has 0 aromatic rings. The fraction of sp³-hybridized carbons (Fsp3) is 0.974. The first kappa shape index (κ1) is 33.2. The van der Waals surface area contributed by atoms with Gasteiger partial charge in [-0.2, -0.15) is 0 Å². The van der Waals surface area contributed by atoms with Crippen molar-refractivity contribution >= 4 is 6.09 Å². The summed E-state index contributed by atoms with van der Waals surface area (Å²) in [5.74, 6) is 2.07. The second-order valence-corrected chi connectivity index (χ2v) is 18.8. The Bertz CT molecular complexity index is 1220. The van der Waals surface area contributed by atoms with E-state index in [2.05, 4.69) is 53.8 Å². The molecular weight excluding hydrogens is 592 g/mol. The number of carbonyl (C=O) groups excluding carboxylic acids is 1. The molecule has 1 amide bonds. The van der Waals surface area contributed by atoms with Crippen molar-refractivity contribution in [2.75, 3.05) is 32.8 Å². The van der Waals surface area contributed by atoms with E-state index >= 15 is 0 Å². The number of carbonyl (C=O) groups is 1. The molecule has 8 heteroatoms. The lowest BCUT2D eigenvalue weighted by Gasteiger charge is -2.64. The Balaban J connectivity index is 1.04. The lowest BCUT2D eigenvalue weighted by molar-refractivity contribution is -0.237. The SMILES string of the molecule is CCC(C)[C@@H](OC(=O)N1CCC1)C1C[C@@H](C)[C@H]2C(O1)[C@H](O)[C@@]1(C)C3CC[C@H]4C(C)(C)[C@@H](O[C@H]5CNCCO5)CC[C@@]45CC35CC[C@]21C. The number of hydrogen-bond donors (Lipinski definition) is 2. The molecule has 47 heavy (non-hydrogen) atoms. The minimum absolute atomic E-state index is 0.0231. The molecular formula is C39H64N2O6. The second-order valence-electron chi connectivity index (χ2n) is 18.8. The van der Waals surface area contributed by atoms with Crippen LogP contribution in [0.2, 0.25) is 0 Å². The van der Waals surface area contributed by atoms with Crippen LogP contribution in [0, 0.1) is 56.7 Å². The molecule has 15 atom stereocenters. The van der Waals surface area contributed by atoms with E-state index in [1.165, 1.54) is 38.5 Å². The molecule has 3 aliphatic heterocycles. The molecule has 0 radical (unpaired) electrons. The monoisotopic (exact) mass is 656 g/mol. The van der Waals surface area contributed by atoms with Crippen molar-refractivity contribution in [2.45, 2.75) is 149 Å². The maximum absolute atomic E-state index is 13.0. The van der Waals surface area contributed by atoms with Gasteiger partial charge in [0.1, 0.15) is 6.10 Å². The Morgan fingerprint density at radius 2 is 1.81 bits per heavy atom. The van der Waals surface area contributed by atoms with Crippen molar-refractivity contribution in [2.24, 2.45) is 56.7 Å². The first-order valence-corrected chi connectivity index (χ1v) is 19.6. The zero-order valence-electron chi connectivity index (χ0n) is 30.4. The van der Waals surface area contributed by atoms with E-state index in [0.717, 1.165) is 58.5 Å². The number of morpholine rings is 1. The van der Waals surface area contributed by atoms with Crippen LogP contribution in [0.15, 0.2) is 0 Å². The zero-order chi connectivity index (χ0) is 33.1. The Labute approximate surface area is 283 Å². The van der Waals surface area contributed by atoms with Gasteiger partial charge in [-0.15, -0.1) is 0 Å². The summed E-state index contributed by atoms with van der Waals surface area (Å²) in [4.78, 5) is 14.9. The summed E-state index contributed by atoms with van der Waals surface area (Å²) in [5.41, 5.74) is 0.608. The van der Waals surface area contributed by atoms with Gasteiger partial charge in [0.2, 0.25) is 0 Å². The number of hydrogen-bond acceptors (Lipinski definition) is 7. The average molecular weight is 657 g/mol. The summed E-state index contributed by atoms with van der Waals surface area (Å²) in [6.07, 6.45) is 10.1. The number of ether oxygens (including phenoxy) is 4. The first-order chi connectivity index (χ1) is 22.3. The van der Waals surface area contributed by atoms with Gasteiger partial charge in [-0.05, 0) is 115 Å². The third-order valence-corrected chi connectivity index (χ3v) is 16.9. The van der Waals surface area contributed by atoms with Gasteiger partial charge >= 0.3 is 6.09 Å². The molecule has 0 aromatic heterocycles. The molecule has 0 bridgehead atoms. The van der Waals surface area contributed by atoms with Crippen molar-refractivity contribution in [3.63, 3.8) is 0 Å². The Morgan fingerprint density at radius 3 is 2.49 bits per heavy atom. The van der Waals surface area contributed by atoms with Crippen LogP contribution in [-0.4, -0.2) is 85.7 Å². The molecule has 266 valence electrons. The molecule has 5 saturated carbocycles. The van der Waals surface area contributed by atoms with E-state index in [0.29, 0.717) is 34.5 Å². The minimum atomic E-state index is -0.508. The normalized spacial score (nSPS) is 52.4. The van der Waals surface area contributed by atoms with Gasteiger partial charge in [0.25, 0.3) is 0 Å². The van der Waals surface area contributed by atoms with Crippen LogP contribution in [0.1, 0.15) is 113 Å². The number of nitrogens with zero attached hydrogens (tertiary/aromatic N) is 1. The number of aliphatic hydroxyl groups is 1. The molecule has 8 fully saturated rings. The third kappa shape index (κ3) is 4.45. The molecule has 3 heterocycles. The zero-order valence-corrected chi connectivity index (χ0v) is 30.4. The summed E-state index contributed by atoms with van der Waals surface area (Å²) in [7, 11) is 0. The standard InChI is InChI=1S/C39H64N2O6/c1-8-23(2)31(47-34(43)41-17-9-18-41)25-20-24(3)30-32(45-25)33(42)37(7)27-11-10-26-35(4,5)28(46-29-21-40-16-19-44-29)12-13-38(26)22-39(27,38)15-14-36(30,37)6/h23-33,40,42H,8-22H2,1-7H3/t23?,24-,25?,26+,27?,28+,29+,30+,31-,32?,33+,36-,37-,38-,39?/m1/s1. The molecule has 5 aliphatic carbocycles. The van der Waals surface area contributed by atoms with Crippen molar-refractivity contribution < 1.29 is 28.8 Å².